The first kappa shape index (κ1) is 17.6. The summed E-state index contributed by atoms with van der Waals surface area (Å²) in [5.74, 6) is 0.801. The lowest BCUT2D eigenvalue weighted by atomic mass is 9.96. The molecule has 0 bridgehead atoms. The Morgan fingerprint density at radius 2 is 1.72 bits per heavy atom. The monoisotopic (exact) mass is 399 g/mol. The van der Waals surface area contributed by atoms with Crippen molar-refractivity contribution in [3.8, 4) is 5.69 Å². The van der Waals surface area contributed by atoms with Gasteiger partial charge in [-0.2, -0.15) is 4.68 Å². The maximum atomic E-state index is 4.36. The zero-order valence-corrected chi connectivity index (χ0v) is 16.5. The van der Waals surface area contributed by atoms with Gasteiger partial charge in [-0.3, -0.25) is 0 Å². The SMILES string of the molecule is CCC(C)(Nc1ccc(Br)cc1)c1nnnn1-c1c(C)cccc1C. The molecule has 1 atom stereocenters. The summed E-state index contributed by atoms with van der Waals surface area (Å²) in [5, 5.41) is 16.2. The lowest BCUT2D eigenvalue weighted by molar-refractivity contribution is 0.474. The minimum absolute atomic E-state index is 0.397. The van der Waals surface area contributed by atoms with Crippen molar-refractivity contribution >= 4 is 21.6 Å². The van der Waals surface area contributed by atoms with Crippen LogP contribution in [0.3, 0.4) is 0 Å². The molecule has 3 rings (SSSR count). The van der Waals surface area contributed by atoms with Crippen molar-refractivity contribution in [2.24, 2.45) is 0 Å². The van der Waals surface area contributed by atoms with E-state index in [0.717, 1.165) is 39.2 Å². The molecular formula is C19H22BrN5. The number of nitrogens with one attached hydrogen (secondary N) is 1. The van der Waals surface area contributed by atoms with E-state index in [1.165, 1.54) is 0 Å². The lowest BCUT2D eigenvalue weighted by Crippen LogP contribution is -2.34. The van der Waals surface area contributed by atoms with Gasteiger partial charge in [0.05, 0.1) is 11.2 Å². The second-order valence-electron chi connectivity index (χ2n) is 6.47. The topological polar surface area (TPSA) is 55.6 Å². The van der Waals surface area contributed by atoms with Gasteiger partial charge in [-0.05, 0) is 73.0 Å². The maximum Gasteiger partial charge on any atom is 0.181 e. The van der Waals surface area contributed by atoms with Gasteiger partial charge >= 0.3 is 0 Å². The van der Waals surface area contributed by atoms with E-state index in [9.17, 15) is 0 Å². The molecule has 0 aliphatic carbocycles. The number of nitrogens with zero attached hydrogens (tertiary/aromatic N) is 4. The minimum Gasteiger partial charge on any atom is -0.373 e. The van der Waals surface area contributed by atoms with Gasteiger partial charge in [-0.1, -0.05) is 41.1 Å². The Morgan fingerprint density at radius 3 is 2.32 bits per heavy atom. The number of halogens is 1. The molecular weight excluding hydrogens is 378 g/mol. The van der Waals surface area contributed by atoms with E-state index in [4.69, 9.17) is 0 Å². The van der Waals surface area contributed by atoms with E-state index in [2.05, 4.69) is 82.7 Å². The smallest absolute Gasteiger partial charge is 0.181 e. The van der Waals surface area contributed by atoms with Crippen LogP contribution in [0.2, 0.25) is 0 Å². The molecule has 1 aromatic heterocycles. The van der Waals surface area contributed by atoms with E-state index < -0.39 is 5.54 Å². The van der Waals surface area contributed by atoms with Crippen LogP contribution in [-0.2, 0) is 5.54 Å². The highest BCUT2D eigenvalue weighted by atomic mass is 79.9. The molecule has 0 amide bonds. The van der Waals surface area contributed by atoms with Gasteiger partial charge in [0.25, 0.3) is 0 Å². The number of hydrogen-bond acceptors (Lipinski definition) is 4. The summed E-state index contributed by atoms with van der Waals surface area (Å²) in [5.41, 5.74) is 3.97. The van der Waals surface area contributed by atoms with Gasteiger partial charge in [-0.15, -0.1) is 5.10 Å². The predicted octanol–water partition coefficient (Wildman–Crippen LogP) is 4.78. The number of aryl methyl sites for hydroxylation is 2. The van der Waals surface area contributed by atoms with Gasteiger partial charge in [0, 0.05) is 10.2 Å². The fourth-order valence-electron chi connectivity index (χ4n) is 2.98. The summed E-state index contributed by atoms with van der Waals surface area (Å²) in [7, 11) is 0. The van der Waals surface area contributed by atoms with Crippen LogP contribution in [-0.4, -0.2) is 20.2 Å². The van der Waals surface area contributed by atoms with Crippen molar-refractivity contribution in [1.82, 2.24) is 20.2 Å². The van der Waals surface area contributed by atoms with Crippen molar-refractivity contribution in [1.29, 1.82) is 0 Å². The number of benzene rings is 2. The lowest BCUT2D eigenvalue weighted by Gasteiger charge is -2.30. The first-order chi connectivity index (χ1) is 11.9. The van der Waals surface area contributed by atoms with E-state index in [1.807, 2.05) is 28.9 Å². The third kappa shape index (κ3) is 3.44. The Bertz CT molecular complexity index is 852. The highest BCUT2D eigenvalue weighted by Crippen LogP contribution is 2.30. The Balaban J connectivity index is 2.05. The van der Waals surface area contributed by atoms with E-state index in [1.54, 1.807) is 0 Å². The average molecular weight is 400 g/mol. The molecule has 0 saturated heterocycles. The quantitative estimate of drug-likeness (QED) is 0.670. The molecule has 0 spiro atoms. The summed E-state index contributed by atoms with van der Waals surface area (Å²) in [4.78, 5) is 0. The maximum absolute atomic E-state index is 4.36. The summed E-state index contributed by atoms with van der Waals surface area (Å²) in [6.07, 6.45) is 0.842. The number of hydrogen-bond donors (Lipinski definition) is 1. The molecule has 1 unspecified atom stereocenters. The molecule has 25 heavy (non-hydrogen) atoms. The Hall–Kier alpha value is -2.21. The summed E-state index contributed by atoms with van der Waals surface area (Å²) < 4.78 is 2.91. The zero-order chi connectivity index (χ0) is 18.0. The number of anilines is 1. The third-order valence-corrected chi connectivity index (χ3v) is 5.11. The molecule has 0 fully saturated rings. The molecule has 0 saturated carbocycles. The van der Waals surface area contributed by atoms with Crippen LogP contribution in [0, 0.1) is 13.8 Å². The first-order valence-corrected chi connectivity index (χ1v) is 9.13. The van der Waals surface area contributed by atoms with Crippen molar-refractivity contribution in [3.05, 3.63) is 63.9 Å². The van der Waals surface area contributed by atoms with E-state index in [0.29, 0.717) is 0 Å². The highest BCUT2D eigenvalue weighted by molar-refractivity contribution is 9.10. The molecule has 1 N–H and O–H groups in total. The van der Waals surface area contributed by atoms with Crippen LogP contribution >= 0.6 is 15.9 Å². The summed E-state index contributed by atoms with van der Waals surface area (Å²) in [6, 6.07) is 14.4. The van der Waals surface area contributed by atoms with Crippen LogP contribution in [0.15, 0.2) is 46.9 Å². The normalized spacial score (nSPS) is 13.5. The number of aromatic nitrogens is 4. The second kappa shape index (κ2) is 6.96. The molecule has 3 aromatic rings. The van der Waals surface area contributed by atoms with Crippen molar-refractivity contribution in [2.45, 2.75) is 39.7 Å². The predicted molar refractivity (Wildman–Crippen MR) is 104 cm³/mol. The Morgan fingerprint density at radius 1 is 1.08 bits per heavy atom. The average Bonchev–Trinajstić information content (AvgIpc) is 3.07. The van der Waals surface area contributed by atoms with E-state index >= 15 is 0 Å². The van der Waals surface area contributed by atoms with E-state index in [-0.39, 0.29) is 0 Å². The van der Waals surface area contributed by atoms with Crippen LogP contribution < -0.4 is 5.32 Å². The van der Waals surface area contributed by atoms with Crippen LogP contribution in [0.4, 0.5) is 5.69 Å². The molecule has 0 radical (unpaired) electrons. The van der Waals surface area contributed by atoms with Gasteiger partial charge < -0.3 is 5.32 Å². The molecule has 0 aliphatic rings. The number of para-hydroxylation sites is 1. The zero-order valence-electron chi connectivity index (χ0n) is 14.9. The van der Waals surface area contributed by atoms with Crippen molar-refractivity contribution < 1.29 is 0 Å². The number of rotatable bonds is 5. The van der Waals surface area contributed by atoms with Crippen molar-refractivity contribution in [3.63, 3.8) is 0 Å². The first-order valence-electron chi connectivity index (χ1n) is 8.34. The molecule has 6 heteroatoms. The van der Waals surface area contributed by atoms with Crippen LogP contribution in [0.1, 0.15) is 37.2 Å². The molecule has 0 aliphatic heterocycles. The summed E-state index contributed by atoms with van der Waals surface area (Å²) in [6.45, 7) is 8.43. The number of tetrazole rings is 1. The van der Waals surface area contributed by atoms with Gasteiger partial charge in [0.1, 0.15) is 0 Å². The summed E-state index contributed by atoms with van der Waals surface area (Å²) >= 11 is 3.47. The Labute approximate surface area is 156 Å². The van der Waals surface area contributed by atoms with Gasteiger partial charge in [0.15, 0.2) is 5.82 Å². The van der Waals surface area contributed by atoms with Crippen molar-refractivity contribution in [2.75, 3.05) is 5.32 Å². The highest BCUT2D eigenvalue weighted by Gasteiger charge is 2.32. The molecule has 130 valence electrons. The van der Waals surface area contributed by atoms with Crippen LogP contribution in [0.25, 0.3) is 5.69 Å². The molecule has 2 aromatic carbocycles. The molecule has 5 nitrogen and oxygen atoms in total. The third-order valence-electron chi connectivity index (χ3n) is 4.59. The van der Waals surface area contributed by atoms with Crippen LogP contribution in [0.5, 0.6) is 0 Å². The second-order valence-corrected chi connectivity index (χ2v) is 7.39. The molecule has 1 heterocycles. The standard InChI is InChI=1S/C19H22BrN5/c1-5-19(4,21-16-11-9-15(20)10-12-16)18-22-23-24-25(18)17-13(2)7-6-8-14(17)3/h6-12,21H,5H2,1-4H3. The van der Waals surface area contributed by atoms with Gasteiger partial charge in [0.2, 0.25) is 0 Å². The minimum atomic E-state index is -0.397. The largest absolute Gasteiger partial charge is 0.373 e. The fourth-order valence-corrected chi connectivity index (χ4v) is 3.24. The fraction of sp³-hybridized carbons (Fsp3) is 0.316. The van der Waals surface area contributed by atoms with Gasteiger partial charge in [-0.25, -0.2) is 0 Å². The Kier molecular flexibility index (Phi) is 4.90.